The van der Waals surface area contributed by atoms with E-state index in [4.69, 9.17) is 19.2 Å². The van der Waals surface area contributed by atoms with Crippen LogP contribution in [0.15, 0.2) is 71.6 Å². The molecule has 0 bridgehead atoms. The maximum atomic E-state index is 13.7. The van der Waals surface area contributed by atoms with Crippen molar-refractivity contribution in [3.8, 4) is 22.1 Å². The molecular weight excluding hydrogens is 610 g/mol. The zero-order chi connectivity index (χ0) is 32.0. The van der Waals surface area contributed by atoms with Crippen molar-refractivity contribution in [2.24, 2.45) is 0 Å². The Balaban J connectivity index is 1.27. The molecule has 0 unspecified atom stereocenters. The van der Waals surface area contributed by atoms with E-state index in [1.165, 1.54) is 22.7 Å². The minimum absolute atomic E-state index is 0.255. The molecule has 45 heavy (non-hydrogen) atoms. The van der Waals surface area contributed by atoms with Gasteiger partial charge in [0.1, 0.15) is 22.3 Å². The second kappa shape index (κ2) is 14.7. The lowest BCUT2D eigenvalue weighted by Crippen LogP contribution is -2.46. The lowest BCUT2D eigenvalue weighted by atomic mass is 10.1. The molecule has 0 N–H and O–H groups in total. The van der Waals surface area contributed by atoms with E-state index >= 15 is 0 Å². The highest BCUT2D eigenvalue weighted by atomic mass is 32.2. The van der Waals surface area contributed by atoms with Crippen LogP contribution in [-0.2, 0) is 21.8 Å². The number of anilines is 1. The zero-order valence-corrected chi connectivity index (χ0v) is 28.1. The summed E-state index contributed by atoms with van der Waals surface area (Å²) in [5.74, 6) is 1.63. The highest BCUT2D eigenvalue weighted by molar-refractivity contribution is 7.98. The van der Waals surface area contributed by atoms with Gasteiger partial charge in [-0.25, -0.2) is 14.2 Å². The molecule has 1 aromatic heterocycles. The van der Waals surface area contributed by atoms with Crippen molar-refractivity contribution in [3.05, 3.63) is 88.7 Å². The Bertz CT molecular complexity index is 1580. The van der Waals surface area contributed by atoms with E-state index < -0.39 is 5.60 Å². The van der Waals surface area contributed by atoms with Gasteiger partial charge < -0.3 is 19.1 Å². The van der Waals surface area contributed by atoms with Crippen LogP contribution in [0.25, 0.3) is 10.6 Å². The third-order valence-electron chi connectivity index (χ3n) is 7.70. The minimum atomic E-state index is -1.08. The van der Waals surface area contributed by atoms with Crippen LogP contribution in [-0.4, -0.2) is 61.3 Å². The second-order valence-corrected chi connectivity index (χ2v) is 13.5. The summed E-state index contributed by atoms with van der Waals surface area (Å²) >= 11 is 3.41. The van der Waals surface area contributed by atoms with Gasteiger partial charge in [0.2, 0.25) is 0 Å². The molecule has 7 nitrogen and oxygen atoms in total. The minimum Gasteiger partial charge on any atom is -0.497 e. The number of benzene rings is 3. The Kier molecular flexibility index (Phi) is 10.7. The zero-order valence-electron chi connectivity index (χ0n) is 26.5. The molecule has 5 rings (SSSR count). The molecule has 0 atom stereocenters. The van der Waals surface area contributed by atoms with E-state index in [2.05, 4.69) is 28.0 Å². The number of aryl methyl sites for hydroxylation is 1. The molecule has 1 fully saturated rings. The number of thioether (sulfide) groups is 1. The molecule has 4 aromatic rings. The number of thiazole rings is 1. The van der Waals surface area contributed by atoms with Crippen molar-refractivity contribution < 1.29 is 23.4 Å². The summed E-state index contributed by atoms with van der Waals surface area (Å²) < 4.78 is 30.2. The van der Waals surface area contributed by atoms with Gasteiger partial charge in [-0.05, 0) is 100.0 Å². The Morgan fingerprint density at radius 3 is 2.38 bits per heavy atom. The molecular formula is C35H40FN3O4S2. The summed E-state index contributed by atoms with van der Waals surface area (Å²) in [5.41, 5.74) is 3.06. The third-order valence-corrected chi connectivity index (χ3v) is 10.1. The van der Waals surface area contributed by atoms with Crippen molar-refractivity contribution >= 4 is 34.8 Å². The summed E-state index contributed by atoms with van der Waals surface area (Å²) in [6, 6.07) is 20.8. The number of piperazine rings is 1. The topological polar surface area (TPSA) is 64.1 Å². The van der Waals surface area contributed by atoms with Gasteiger partial charge in [-0.15, -0.1) is 23.1 Å². The van der Waals surface area contributed by atoms with E-state index in [1.54, 1.807) is 63.1 Å². The lowest BCUT2D eigenvalue weighted by molar-refractivity contribution is -0.158. The molecule has 0 aliphatic carbocycles. The summed E-state index contributed by atoms with van der Waals surface area (Å²) in [7, 11) is 1.68. The summed E-state index contributed by atoms with van der Waals surface area (Å²) in [6.07, 6.45) is 0. The monoisotopic (exact) mass is 649 g/mol. The lowest BCUT2D eigenvalue weighted by Gasteiger charge is -2.36. The molecule has 0 spiro atoms. The maximum absolute atomic E-state index is 13.7. The highest BCUT2D eigenvalue weighted by Crippen LogP contribution is 2.36. The molecule has 10 heteroatoms. The van der Waals surface area contributed by atoms with Crippen molar-refractivity contribution in [1.82, 2.24) is 9.88 Å². The Hall–Kier alpha value is -3.60. The number of halogens is 1. The van der Waals surface area contributed by atoms with Gasteiger partial charge in [0, 0.05) is 59.5 Å². The quantitative estimate of drug-likeness (QED) is 0.115. The average molecular weight is 650 g/mol. The Morgan fingerprint density at radius 1 is 1.02 bits per heavy atom. The summed E-state index contributed by atoms with van der Waals surface area (Å²) in [6.45, 7) is 12.0. The van der Waals surface area contributed by atoms with Crippen molar-refractivity contribution in [2.75, 3.05) is 44.8 Å². The fourth-order valence-electron chi connectivity index (χ4n) is 5.10. The van der Waals surface area contributed by atoms with Crippen LogP contribution in [0.2, 0.25) is 0 Å². The van der Waals surface area contributed by atoms with E-state index in [0.29, 0.717) is 12.4 Å². The molecule has 238 valence electrons. The SMILES string of the molecule is CCOC(=O)C(C)(C)Oc1ccc(SCc2sc(-c3ccc(F)cc3)nc2CN2CCN(c3ccc(OC)cc3)CC2)cc1C. The Labute approximate surface area is 273 Å². The normalized spacial score (nSPS) is 14.0. The molecule has 1 saturated heterocycles. The van der Waals surface area contributed by atoms with Crippen LogP contribution in [0, 0.1) is 12.7 Å². The Morgan fingerprint density at radius 2 is 1.73 bits per heavy atom. The van der Waals surface area contributed by atoms with Crippen LogP contribution in [0.3, 0.4) is 0 Å². The van der Waals surface area contributed by atoms with Gasteiger partial charge in [-0.3, -0.25) is 4.90 Å². The first kappa shape index (κ1) is 32.8. The van der Waals surface area contributed by atoms with E-state index in [9.17, 15) is 9.18 Å². The fourth-order valence-corrected chi connectivity index (χ4v) is 7.27. The van der Waals surface area contributed by atoms with Crippen molar-refractivity contribution in [2.45, 2.75) is 50.5 Å². The number of carbonyl (C=O) groups is 1. The molecule has 2 heterocycles. The first-order valence-corrected chi connectivity index (χ1v) is 16.9. The maximum Gasteiger partial charge on any atom is 0.349 e. The number of ether oxygens (including phenoxy) is 3. The van der Waals surface area contributed by atoms with E-state index in [1.807, 2.05) is 31.2 Å². The first-order valence-electron chi connectivity index (χ1n) is 15.1. The number of carbonyl (C=O) groups excluding carboxylic acids is 1. The molecule has 1 aliphatic heterocycles. The fraction of sp³-hybridized carbons (Fsp3) is 0.371. The van der Waals surface area contributed by atoms with Crippen LogP contribution in [0.5, 0.6) is 11.5 Å². The smallest absolute Gasteiger partial charge is 0.349 e. The molecule has 1 aliphatic rings. The van der Waals surface area contributed by atoms with E-state index in [-0.39, 0.29) is 11.8 Å². The highest BCUT2D eigenvalue weighted by Gasteiger charge is 2.32. The van der Waals surface area contributed by atoms with Gasteiger partial charge in [0.05, 0.1) is 19.4 Å². The van der Waals surface area contributed by atoms with Crippen LogP contribution < -0.4 is 14.4 Å². The van der Waals surface area contributed by atoms with Gasteiger partial charge in [-0.2, -0.15) is 0 Å². The van der Waals surface area contributed by atoms with Crippen LogP contribution in [0.4, 0.5) is 10.1 Å². The molecule has 3 aromatic carbocycles. The average Bonchev–Trinajstić information content (AvgIpc) is 3.44. The number of nitrogens with zero attached hydrogens (tertiary/aromatic N) is 3. The molecule has 0 radical (unpaired) electrons. The largest absolute Gasteiger partial charge is 0.497 e. The van der Waals surface area contributed by atoms with Gasteiger partial charge in [-0.1, -0.05) is 0 Å². The van der Waals surface area contributed by atoms with Gasteiger partial charge in [0.15, 0.2) is 5.60 Å². The number of methoxy groups -OCH3 is 1. The predicted molar refractivity (Wildman–Crippen MR) is 180 cm³/mol. The summed E-state index contributed by atoms with van der Waals surface area (Å²) in [4.78, 5) is 24.6. The number of hydrogen-bond acceptors (Lipinski definition) is 9. The number of esters is 1. The van der Waals surface area contributed by atoms with Crippen LogP contribution >= 0.6 is 23.1 Å². The van der Waals surface area contributed by atoms with Crippen molar-refractivity contribution in [3.63, 3.8) is 0 Å². The van der Waals surface area contributed by atoms with E-state index in [0.717, 1.165) is 71.0 Å². The predicted octanol–water partition coefficient (Wildman–Crippen LogP) is 7.60. The van der Waals surface area contributed by atoms with Crippen LogP contribution in [0.1, 0.15) is 36.9 Å². The number of rotatable bonds is 12. The molecule has 0 saturated carbocycles. The van der Waals surface area contributed by atoms with Crippen molar-refractivity contribution in [1.29, 1.82) is 0 Å². The standard InChI is InChI=1S/C35H40FN3O4S2/c1-6-42-34(40)35(3,4)43-31-16-15-29(21-24(31)2)44-23-32-30(37-33(45-32)25-7-9-26(36)10-8-25)22-38-17-19-39(20-18-38)27-11-13-28(41-5)14-12-27/h7-16,21H,6,17-20,22-23H2,1-5H3. The first-order chi connectivity index (χ1) is 21.6. The third kappa shape index (κ3) is 8.36. The number of hydrogen-bond donors (Lipinski definition) is 0. The second-order valence-electron chi connectivity index (χ2n) is 11.4. The number of aromatic nitrogens is 1. The van der Waals surface area contributed by atoms with Gasteiger partial charge in [0.25, 0.3) is 0 Å². The molecule has 0 amide bonds. The summed E-state index contributed by atoms with van der Waals surface area (Å²) in [5, 5.41) is 0.901. The van der Waals surface area contributed by atoms with Gasteiger partial charge >= 0.3 is 5.97 Å².